The predicted octanol–water partition coefficient (Wildman–Crippen LogP) is 5.13. The number of amides is 1. The molecule has 1 aliphatic heterocycles. The number of rotatable bonds is 6. The second-order valence-corrected chi connectivity index (χ2v) is 9.43. The molecule has 3 nitrogen and oxygen atoms in total. The molecule has 0 aromatic heterocycles. The average molecular weight is 457 g/mol. The molecule has 5 heteroatoms. The molecule has 28 heavy (non-hydrogen) atoms. The van der Waals surface area contributed by atoms with Crippen molar-refractivity contribution in [2.45, 2.75) is 16.2 Å². The third-order valence-electron chi connectivity index (χ3n) is 4.88. The number of halogens is 1. The summed E-state index contributed by atoms with van der Waals surface area (Å²) in [7, 11) is 1.64. The third-order valence-corrected chi connectivity index (χ3v) is 7.90. The van der Waals surface area contributed by atoms with Crippen molar-refractivity contribution in [3.63, 3.8) is 0 Å². The number of carbonyl (C=O) groups excluding carboxylic acids is 1. The van der Waals surface area contributed by atoms with E-state index in [4.69, 9.17) is 16.3 Å². The van der Waals surface area contributed by atoms with E-state index in [9.17, 15) is 4.79 Å². The first-order valence-electron chi connectivity index (χ1n) is 9.05. The molecule has 1 heterocycles. The Morgan fingerprint density at radius 2 is 1.64 bits per heavy atom. The van der Waals surface area contributed by atoms with Gasteiger partial charge in [-0.2, -0.15) is 0 Å². The number of nitrogens with zero attached hydrogens (tertiary/aromatic N) is 1. The van der Waals surface area contributed by atoms with Gasteiger partial charge < -0.3 is 0 Å². The van der Waals surface area contributed by atoms with Crippen LogP contribution in [0.25, 0.3) is 0 Å². The Labute approximate surface area is 176 Å². The normalized spacial score (nSPS) is 18.6. The molecule has 0 bridgehead atoms. The Balaban J connectivity index is 1.60. The van der Waals surface area contributed by atoms with Gasteiger partial charge in [0.05, 0.1) is 0 Å². The monoisotopic (exact) mass is 457 g/mol. The van der Waals surface area contributed by atoms with E-state index in [-0.39, 0.29) is 31.7 Å². The number of β-lactam (4-membered cyclic amide) rings is 1. The fourth-order valence-electron chi connectivity index (χ4n) is 3.40. The van der Waals surface area contributed by atoms with E-state index in [0.29, 0.717) is 5.02 Å². The Hall–Kier alpha value is -2.26. The Kier molecular flexibility index (Phi) is 5.72. The Bertz CT molecular complexity index is 945. The van der Waals surface area contributed by atoms with Crippen molar-refractivity contribution in [3.05, 3.63) is 95.0 Å². The van der Waals surface area contributed by atoms with Gasteiger partial charge in [0.2, 0.25) is 0 Å². The fourth-order valence-corrected chi connectivity index (χ4v) is 6.21. The molecule has 0 saturated carbocycles. The van der Waals surface area contributed by atoms with Crippen LogP contribution in [0.3, 0.4) is 0 Å². The molecule has 142 valence electrons. The Morgan fingerprint density at radius 3 is 2.29 bits per heavy atom. The third kappa shape index (κ3) is 3.81. The number of methoxy groups -OCH3 is 1. The van der Waals surface area contributed by atoms with Crippen molar-refractivity contribution in [1.29, 1.82) is 0 Å². The van der Waals surface area contributed by atoms with Crippen molar-refractivity contribution < 1.29 is 9.53 Å². The summed E-state index contributed by atoms with van der Waals surface area (Å²) in [5.41, 5.74) is 3.31. The van der Waals surface area contributed by atoms with Crippen LogP contribution in [0.1, 0.15) is 17.2 Å². The summed E-state index contributed by atoms with van der Waals surface area (Å²) in [6.07, 6.45) is 0. The van der Waals surface area contributed by atoms with Gasteiger partial charge in [0.15, 0.2) is 0 Å². The first-order chi connectivity index (χ1) is 13.7. The SMILES string of the molecule is COc1ccc(N2C(=O)[C@H]([Se]Cc3ccccc3)[C@H]2c2ccc(Cl)cc2)cc1. The summed E-state index contributed by atoms with van der Waals surface area (Å²) in [4.78, 5) is 15.0. The van der Waals surface area contributed by atoms with Gasteiger partial charge in [-0.3, -0.25) is 0 Å². The summed E-state index contributed by atoms with van der Waals surface area (Å²) in [6.45, 7) is 0. The molecule has 1 amide bonds. The number of benzene rings is 3. The van der Waals surface area contributed by atoms with Crippen molar-refractivity contribution in [2.24, 2.45) is 0 Å². The second-order valence-electron chi connectivity index (χ2n) is 6.62. The van der Waals surface area contributed by atoms with E-state index in [1.54, 1.807) is 7.11 Å². The van der Waals surface area contributed by atoms with E-state index in [2.05, 4.69) is 12.1 Å². The van der Waals surface area contributed by atoms with E-state index >= 15 is 0 Å². The van der Waals surface area contributed by atoms with Crippen LogP contribution < -0.4 is 9.64 Å². The van der Waals surface area contributed by atoms with Crippen LogP contribution in [0.4, 0.5) is 5.69 Å². The average Bonchev–Trinajstić information content (AvgIpc) is 2.74. The first kappa shape index (κ1) is 19.1. The zero-order chi connectivity index (χ0) is 19.5. The fraction of sp³-hybridized carbons (Fsp3) is 0.174. The molecular formula is C23H20ClNO2Se. The quantitative estimate of drug-likeness (QED) is 0.380. The van der Waals surface area contributed by atoms with Gasteiger partial charge in [-0.15, -0.1) is 0 Å². The van der Waals surface area contributed by atoms with Gasteiger partial charge in [-0.05, 0) is 0 Å². The van der Waals surface area contributed by atoms with E-state index in [1.165, 1.54) is 5.56 Å². The Morgan fingerprint density at radius 1 is 0.964 bits per heavy atom. The molecule has 1 aliphatic rings. The first-order valence-corrected chi connectivity index (χ1v) is 11.6. The van der Waals surface area contributed by atoms with E-state index < -0.39 is 0 Å². The van der Waals surface area contributed by atoms with Gasteiger partial charge in [0.1, 0.15) is 0 Å². The van der Waals surface area contributed by atoms with Gasteiger partial charge in [-0.25, -0.2) is 0 Å². The summed E-state index contributed by atoms with van der Waals surface area (Å²) < 4.78 is 5.25. The second kappa shape index (κ2) is 8.40. The maximum atomic E-state index is 13.1. The minimum atomic E-state index is 0.0241. The molecule has 0 aliphatic carbocycles. The molecule has 3 aromatic carbocycles. The number of carbonyl (C=O) groups is 1. The maximum absolute atomic E-state index is 13.1. The number of hydrogen-bond donors (Lipinski definition) is 0. The molecule has 0 N–H and O–H groups in total. The number of ether oxygens (including phenoxy) is 1. The van der Waals surface area contributed by atoms with Crippen LogP contribution >= 0.6 is 11.6 Å². The van der Waals surface area contributed by atoms with Crippen LogP contribution in [0.2, 0.25) is 9.84 Å². The van der Waals surface area contributed by atoms with Crippen LogP contribution in [0, 0.1) is 0 Å². The van der Waals surface area contributed by atoms with Crippen LogP contribution in [0.5, 0.6) is 5.75 Å². The summed E-state index contributed by atoms with van der Waals surface area (Å²) in [5, 5.41) is 1.65. The predicted molar refractivity (Wildman–Crippen MR) is 114 cm³/mol. The van der Waals surface area contributed by atoms with Crippen molar-refractivity contribution in [1.82, 2.24) is 0 Å². The molecular weight excluding hydrogens is 437 g/mol. The molecule has 0 spiro atoms. The number of hydrogen-bond acceptors (Lipinski definition) is 2. The minimum absolute atomic E-state index is 0.0241. The van der Waals surface area contributed by atoms with Crippen LogP contribution in [-0.2, 0) is 10.1 Å². The zero-order valence-corrected chi connectivity index (χ0v) is 17.9. The van der Waals surface area contributed by atoms with E-state index in [0.717, 1.165) is 22.3 Å². The molecule has 3 aromatic rings. The summed E-state index contributed by atoms with van der Waals surface area (Å²) in [5.74, 6) is 0.977. The summed E-state index contributed by atoms with van der Waals surface area (Å²) in [6, 6.07) is 25.9. The standard InChI is InChI=1S/C23H20ClNO2Se/c1-27-20-13-11-19(12-14-20)25-21(17-7-9-18(24)10-8-17)22(23(25)26)28-15-16-5-3-2-4-6-16/h2-14,21-22H,15H2,1H3/t21-,22-/m1/s1. The van der Waals surface area contributed by atoms with Crippen LogP contribution in [0.15, 0.2) is 78.9 Å². The summed E-state index contributed by atoms with van der Waals surface area (Å²) >= 11 is 6.25. The molecule has 1 fully saturated rings. The zero-order valence-electron chi connectivity index (χ0n) is 15.4. The van der Waals surface area contributed by atoms with Crippen LogP contribution in [-0.4, -0.2) is 28.0 Å². The molecule has 0 radical (unpaired) electrons. The number of anilines is 1. The van der Waals surface area contributed by atoms with Crippen molar-refractivity contribution >= 4 is 38.2 Å². The van der Waals surface area contributed by atoms with Gasteiger partial charge in [0, 0.05) is 0 Å². The molecule has 2 atom stereocenters. The molecule has 1 saturated heterocycles. The molecule has 0 unspecified atom stereocenters. The van der Waals surface area contributed by atoms with Crippen molar-refractivity contribution in [2.75, 3.05) is 12.0 Å². The molecule has 4 rings (SSSR count). The van der Waals surface area contributed by atoms with Gasteiger partial charge in [-0.1, -0.05) is 0 Å². The topological polar surface area (TPSA) is 29.5 Å². The van der Waals surface area contributed by atoms with Crippen molar-refractivity contribution in [3.8, 4) is 5.75 Å². The van der Waals surface area contributed by atoms with Gasteiger partial charge >= 0.3 is 177 Å². The van der Waals surface area contributed by atoms with E-state index in [1.807, 2.05) is 71.6 Å². The van der Waals surface area contributed by atoms with Gasteiger partial charge in [0.25, 0.3) is 0 Å².